The number of hydrogen-bond acceptors (Lipinski definition) is 6. The first-order valence-corrected chi connectivity index (χ1v) is 9.40. The standard InChI is InChI=1S/C20H19FN2O3S/c1-12-4-9-17(13(2)10-12)18(24)11-27-20-23-22-19(26-20)14(3)25-16-7-5-15(21)6-8-16/h4-10,14H,11H2,1-3H3/t14-/m1/s1. The molecule has 1 atom stereocenters. The largest absolute Gasteiger partial charge is 0.481 e. The summed E-state index contributed by atoms with van der Waals surface area (Å²) < 4.78 is 24.2. The molecule has 27 heavy (non-hydrogen) atoms. The number of benzene rings is 2. The van der Waals surface area contributed by atoms with Crippen LogP contribution in [0, 0.1) is 19.7 Å². The zero-order chi connectivity index (χ0) is 19.4. The van der Waals surface area contributed by atoms with Crippen LogP contribution in [-0.2, 0) is 0 Å². The second kappa shape index (κ2) is 8.35. The van der Waals surface area contributed by atoms with E-state index < -0.39 is 6.10 Å². The van der Waals surface area contributed by atoms with Crippen molar-refractivity contribution in [1.29, 1.82) is 0 Å². The predicted molar refractivity (Wildman–Crippen MR) is 101 cm³/mol. The average Bonchev–Trinajstić information content (AvgIpc) is 3.11. The van der Waals surface area contributed by atoms with Gasteiger partial charge in [0.2, 0.25) is 0 Å². The molecule has 7 heteroatoms. The van der Waals surface area contributed by atoms with Crippen molar-refractivity contribution < 1.29 is 18.3 Å². The lowest BCUT2D eigenvalue weighted by atomic mass is 10.0. The molecule has 3 aromatic rings. The molecule has 0 aliphatic rings. The zero-order valence-corrected chi connectivity index (χ0v) is 16.0. The number of aryl methyl sites for hydroxylation is 2. The van der Waals surface area contributed by atoms with Gasteiger partial charge in [-0.1, -0.05) is 35.5 Å². The highest BCUT2D eigenvalue weighted by molar-refractivity contribution is 7.99. The molecule has 0 aliphatic carbocycles. The third-order valence-corrected chi connectivity index (χ3v) is 4.72. The molecule has 5 nitrogen and oxygen atoms in total. The van der Waals surface area contributed by atoms with E-state index in [1.807, 2.05) is 32.0 Å². The highest BCUT2D eigenvalue weighted by Gasteiger charge is 2.17. The third-order valence-electron chi connectivity index (χ3n) is 3.91. The highest BCUT2D eigenvalue weighted by Crippen LogP contribution is 2.25. The van der Waals surface area contributed by atoms with E-state index in [0.717, 1.165) is 11.1 Å². The summed E-state index contributed by atoms with van der Waals surface area (Å²) in [6, 6.07) is 11.4. The molecule has 1 aromatic heterocycles. The molecular weight excluding hydrogens is 367 g/mol. The Kier molecular flexibility index (Phi) is 5.91. The number of ether oxygens (including phenoxy) is 1. The monoisotopic (exact) mass is 386 g/mol. The van der Waals surface area contributed by atoms with Crippen molar-refractivity contribution in [3.63, 3.8) is 0 Å². The van der Waals surface area contributed by atoms with Gasteiger partial charge in [0.05, 0.1) is 5.75 Å². The summed E-state index contributed by atoms with van der Waals surface area (Å²) in [6.07, 6.45) is -0.493. The molecule has 0 unspecified atom stereocenters. The van der Waals surface area contributed by atoms with Crippen molar-refractivity contribution in [2.45, 2.75) is 32.1 Å². The summed E-state index contributed by atoms with van der Waals surface area (Å²) in [7, 11) is 0. The maximum Gasteiger partial charge on any atom is 0.277 e. The minimum absolute atomic E-state index is 0.00728. The maximum atomic E-state index is 12.9. The van der Waals surface area contributed by atoms with E-state index in [1.165, 1.54) is 36.0 Å². The van der Waals surface area contributed by atoms with Crippen LogP contribution in [0.4, 0.5) is 4.39 Å². The Morgan fingerprint density at radius 3 is 2.63 bits per heavy atom. The summed E-state index contributed by atoms with van der Waals surface area (Å²) in [5, 5.41) is 8.21. The van der Waals surface area contributed by atoms with Crippen molar-refractivity contribution in [2.75, 3.05) is 5.75 Å². The second-order valence-electron chi connectivity index (χ2n) is 6.15. The van der Waals surface area contributed by atoms with Gasteiger partial charge in [0.25, 0.3) is 11.1 Å². The average molecular weight is 386 g/mol. The fraction of sp³-hybridized carbons (Fsp3) is 0.250. The van der Waals surface area contributed by atoms with Crippen LogP contribution in [-0.4, -0.2) is 21.7 Å². The van der Waals surface area contributed by atoms with Gasteiger partial charge in [-0.15, -0.1) is 10.2 Å². The van der Waals surface area contributed by atoms with Crippen LogP contribution < -0.4 is 4.74 Å². The lowest BCUT2D eigenvalue weighted by Crippen LogP contribution is -2.05. The van der Waals surface area contributed by atoms with E-state index in [-0.39, 0.29) is 17.4 Å². The van der Waals surface area contributed by atoms with Crippen LogP contribution >= 0.6 is 11.8 Å². The first kappa shape index (κ1) is 19.1. The minimum Gasteiger partial charge on any atom is -0.481 e. The summed E-state index contributed by atoms with van der Waals surface area (Å²) in [5.41, 5.74) is 2.77. The van der Waals surface area contributed by atoms with Gasteiger partial charge in [0, 0.05) is 5.56 Å². The van der Waals surface area contributed by atoms with Gasteiger partial charge in [-0.25, -0.2) is 4.39 Å². The second-order valence-corrected chi connectivity index (χ2v) is 7.08. The molecule has 2 aromatic carbocycles. The Labute approximate surface area is 161 Å². The molecular formula is C20H19FN2O3S. The Morgan fingerprint density at radius 1 is 1.19 bits per heavy atom. The number of rotatable bonds is 7. The van der Waals surface area contributed by atoms with Gasteiger partial charge in [0.15, 0.2) is 11.9 Å². The number of Topliss-reactive ketones (excluding diaryl/α,β-unsaturated/α-hetero) is 1. The van der Waals surface area contributed by atoms with Crippen molar-refractivity contribution >= 4 is 17.5 Å². The predicted octanol–water partition coefficient (Wildman–Crippen LogP) is 4.94. The lowest BCUT2D eigenvalue weighted by Gasteiger charge is -2.10. The lowest BCUT2D eigenvalue weighted by molar-refractivity contribution is 0.102. The molecule has 0 spiro atoms. The highest BCUT2D eigenvalue weighted by atomic mass is 32.2. The quantitative estimate of drug-likeness (QED) is 0.423. The SMILES string of the molecule is Cc1ccc(C(=O)CSc2nnc([C@@H](C)Oc3ccc(F)cc3)o2)c(C)c1. The summed E-state index contributed by atoms with van der Waals surface area (Å²) in [4.78, 5) is 12.4. The van der Waals surface area contributed by atoms with E-state index in [2.05, 4.69) is 10.2 Å². The first-order chi connectivity index (χ1) is 12.9. The Hall–Kier alpha value is -2.67. The number of nitrogens with zero attached hydrogens (tertiary/aromatic N) is 2. The van der Waals surface area contributed by atoms with Gasteiger partial charge in [0.1, 0.15) is 11.6 Å². The molecule has 0 radical (unpaired) electrons. The smallest absolute Gasteiger partial charge is 0.277 e. The number of carbonyl (C=O) groups is 1. The molecule has 3 rings (SSSR count). The van der Waals surface area contributed by atoms with Crippen molar-refractivity contribution in [3.05, 3.63) is 70.9 Å². The normalized spacial score (nSPS) is 12.0. The summed E-state index contributed by atoms with van der Waals surface area (Å²) >= 11 is 1.19. The fourth-order valence-corrected chi connectivity index (χ4v) is 3.20. The summed E-state index contributed by atoms with van der Waals surface area (Å²) in [6.45, 7) is 5.67. The van der Waals surface area contributed by atoms with Gasteiger partial charge < -0.3 is 9.15 Å². The molecule has 140 valence electrons. The molecule has 1 heterocycles. The molecule has 0 fully saturated rings. The van der Waals surface area contributed by atoms with E-state index in [9.17, 15) is 9.18 Å². The van der Waals surface area contributed by atoms with Crippen LogP contribution in [0.5, 0.6) is 5.75 Å². The number of halogens is 1. The molecule has 0 saturated heterocycles. The third kappa shape index (κ3) is 4.95. The zero-order valence-electron chi connectivity index (χ0n) is 15.2. The fourth-order valence-electron chi connectivity index (χ4n) is 2.54. The molecule has 0 aliphatic heterocycles. The number of carbonyl (C=O) groups excluding carboxylic acids is 1. The molecule has 0 amide bonds. The minimum atomic E-state index is -0.493. The molecule has 0 saturated carbocycles. The number of aromatic nitrogens is 2. The van der Waals surface area contributed by atoms with Crippen LogP contribution in [0.3, 0.4) is 0 Å². The van der Waals surface area contributed by atoms with Crippen LogP contribution in [0.1, 0.15) is 40.4 Å². The number of thioether (sulfide) groups is 1. The van der Waals surface area contributed by atoms with Crippen LogP contribution in [0.2, 0.25) is 0 Å². The van der Waals surface area contributed by atoms with E-state index in [1.54, 1.807) is 6.92 Å². The van der Waals surface area contributed by atoms with Gasteiger partial charge in [-0.2, -0.15) is 0 Å². The molecule has 0 N–H and O–H groups in total. The van der Waals surface area contributed by atoms with E-state index in [0.29, 0.717) is 22.4 Å². The Balaban J connectivity index is 1.58. The maximum absolute atomic E-state index is 12.9. The van der Waals surface area contributed by atoms with Crippen molar-refractivity contribution in [1.82, 2.24) is 10.2 Å². The topological polar surface area (TPSA) is 65.2 Å². The Morgan fingerprint density at radius 2 is 1.93 bits per heavy atom. The van der Waals surface area contributed by atoms with Crippen LogP contribution in [0.15, 0.2) is 52.1 Å². The van der Waals surface area contributed by atoms with Crippen molar-refractivity contribution in [3.8, 4) is 5.75 Å². The van der Waals surface area contributed by atoms with E-state index >= 15 is 0 Å². The van der Waals surface area contributed by atoms with Crippen LogP contribution in [0.25, 0.3) is 0 Å². The van der Waals surface area contributed by atoms with E-state index in [4.69, 9.17) is 9.15 Å². The molecule has 0 bridgehead atoms. The summed E-state index contributed by atoms with van der Waals surface area (Å²) in [5.74, 6) is 0.675. The number of hydrogen-bond donors (Lipinski definition) is 0. The Bertz CT molecular complexity index is 941. The first-order valence-electron chi connectivity index (χ1n) is 8.41. The van der Waals surface area contributed by atoms with Gasteiger partial charge in [-0.3, -0.25) is 4.79 Å². The van der Waals surface area contributed by atoms with Gasteiger partial charge in [-0.05, 0) is 50.6 Å². The van der Waals surface area contributed by atoms with Crippen molar-refractivity contribution in [2.24, 2.45) is 0 Å². The number of ketones is 1. The van der Waals surface area contributed by atoms with Gasteiger partial charge >= 0.3 is 0 Å².